The van der Waals surface area contributed by atoms with Crippen molar-refractivity contribution in [2.75, 3.05) is 44.2 Å². The summed E-state index contributed by atoms with van der Waals surface area (Å²) in [6.45, 7) is 7.93. The summed E-state index contributed by atoms with van der Waals surface area (Å²) < 4.78 is 0. The Balaban J connectivity index is 1.91. The van der Waals surface area contributed by atoms with E-state index in [9.17, 15) is 0 Å². The molecule has 0 unspecified atom stereocenters. The Morgan fingerprint density at radius 2 is 1.82 bits per heavy atom. The van der Waals surface area contributed by atoms with Crippen molar-refractivity contribution in [2.45, 2.75) is 13.3 Å². The molecule has 0 amide bonds. The first-order chi connectivity index (χ1) is 8.33. The van der Waals surface area contributed by atoms with E-state index in [1.807, 2.05) is 12.4 Å². The standard InChI is InChI=1S/C12H21N5/c1-2-11-9-14-12(15-10-11)17-7-5-16(4-3-13)6-8-17/h9-10H,2-8,13H2,1H3. The summed E-state index contributed by atoms with van der Waals surface area (Å²) in [4.78, 5) is 13.5. The molecule has 2 heterocycles. The maximum absolute atomic E-state index is 5.56. The van der Waals surface area contributed by atoms with Crippen molar-refractivity contribution in [3.8, 4) is 0 Å². The normalized spacial score (nSPS) is 17.4. The minimum absolute atomic E-state index is 0.738. The van der Waals surface area contributed by atoms with Crippen LogP contribution in [0.2, 0.25) is 0 Å². The first-order valence-corrected chi connectivity index (χ1v) is 6.31. The Morgan fingerprint density at radius 3 is 2.35 bits per heavy atom. The largest absolute Gasteiger partial charge is 0.338 e. The smallest absolute Gasteiger partial charge is 0.225 e. The average Bonchev–Trinajstić information content (AvgIpc) is 2.40. The second kappa shape index (κ2) is 5.93. The molecule has 0 aromatic carbocycles. The molecule has 1 aliphatic heterocycles. The van der Waals surface area contributed by atoms with Gasteiger partial charge in [0.25, 0.3) is 0 Å². The molecule has 94 valence electrons. The van der Waals surface area contributed by atoms with Gasteiger partial charge in [0.15, 0.2) is 0 Å². The number of nitrogens with two attached hydrogens (primary N) is 1. The fraction of sp³-hybridized carbons (Fsp3) is 0.667. The summed E-state index contributed by atoms with van der Waals surface area (Å²) in [7, 11) is 0. The molecule has 1 aromatic rings. The molecular formula is C12H21N5. The molecule has 1 fully saturated rings. The van der Waals surface area contributed by atoms with Crippen LogP contribution >= 0.6 is 0 Å². The number of aromatic nitrogens is 2. The number of anilines is 1. The summed E-state index contributed by atoms with van der Waals surface area (Å²) >= 11 is 0. The van der Waals surface area contributed by atoms with Gasteiger partial charge >= 0.3 is 0 Å². The lowest BCUT2D eigenvalue weighted by molar-refractivity contribution is 0.263. The van der Waals surface area contributed by atoms with Gasteiger partial charge < -0.3 is 10.6 Å². The van der Waals surface area contributed by atoms with Gasteiger partial charge in [0.05, 0.1) is 0 Å². The van der Waals surface area contributed by atoms with Gasteiger partial charge in [0.1, 0.15) is 0 Å². The fourth-order valence-electron chi connectivity index (χ4n) is 2.05. The van der Waals surface area contributed by atoms with E-state index in [-0.39, 0.29) is 0 Å². The SMILES string of the molecule is CCc1cnc(N2CCN(CCN)CC2)nc1. The van der Waals surface area contributed by atoms with E-state index in [1.165, 1.54) is 5.56 Å². The van der Waals surface area contributed by atoms with E-state index >= 15 is 0 Å². The Bertz CT molecular complexity index is 329. The molecular weight excluding hydrogens is 214 g/mol. The van der Waals surface area contributed by atoms with Crippen LogP contribution in [-0.2, 0) is 6.42 Å². The van der Waals surface area contributed by atoms with Gasteiger partial charge in [0, 0.05) is 51.7 Å². The molecule has 0 atom stereocenters. The third kappa shape index (κ3) is 3.14. The van der Waals surface area contributed by atoms with Crippen molar-refractivity contribution >= 4 is 5.95 Å². The number of nitrogens with zero attached hydrogens (tertiary/aromatic N) is 4. The van der Waals surface area contributed by atoms with E-state index in [0.29, 0.717) is 0 Å². The van der Waals surface area contributed by atoms with Crippen molar-refractivity contribution in [2.24, 2.45) is 5.73 Å². The topological polar surface area (TPSA) is 58.3 Å². The van der Waals surface area contributed by atoms with E-state index < -0.39 is 0 Å². The molecule has 17 heavy (non-hydrogen) atoms. The monoisotopic (exact) mass is 235 g/mol. The van der Waals surface area contributed by atoms with Crippen LogP contribution in [0.5, 0.6) is 0 Å². The van der Waals surface area contributed by atoms with Crippen molar-refractivity contribution in [1.82, 2.24) is 14.9 Å². The molecule has 5 nitrogen and oxygen atoms in total. The van der Waals surface area contributed by atoms with Crippen LogP contribution < -0.4 is 10.6 Å². The molecule has 2 N–H and O–H groups in total. The number of hydrogen-bond acceptors (Lipinski definition) is 5. The van der Waals surface area contributed by atoms with Gasteiger partial charge in [-0.1, -0.05) is 6.92 Å². The van der Waals surface area contributed by atoms with Crippen molar-refractivity contribution < 1.29 is 0 Å². The highest BCUT2D eigenvalue weighted by Crippen LogP contribution is 2.10. The van der Waals surface area contributed by atoms with Crippen LogP contribution in [0.3, 0.4) is 0 Å². The lowest BCUT2D eigenvalue weighted by Crippen LogP contribution is -2.48. The Kier molecular flexibility index (Phi) is 4.28. The Labute approximate surface area is 103 Å². The highest BCUT2D eigenvalue weighted by molar-refractivity contribution is 5.30. The van der Waals surface area contributed by atoms with Crippen molar-refractivity contribution in [1.29, 1.82) is 0 Å². The molecule has 0 aliphatic carbocycles. The molecule has 1 saturated heterocycles. The maximum atomic E-state index is 5.56. The summed E-state index contributed by atoms with van der Waals surface area (Å²) in [5, 5.41) is 0. The van der Waals surface area contributed by atoms with Crippen LogP contribution in [0, 0.1) is 0 Å². The van der Waals surface area contributed by atoms with Gasteiger partial charge in [-0.15, -0.1) is 0 Å². The fourth-order valence-corrected chi connectivity index (χ4v) is 2.05. The second-order valence-electron chi connectivity index (χ2n) is 4.36. The summed E-state index contributed by atoms with van der Waals surface area (Å²) in [5.41, 5.74) is 6.75. The minimum Gasteiger partial charge on any atom is -0.338 e. The zero-order valence-electron chi connectivity index (χ0n) is 10.5. The lowest BCUT2D eigenvalue weighted by atomic mass is 10.3. The van der Waals surface area contributed by atoms with E-state index in [0.717, 1.165) is 51.6 Å². The number of hydrogen-bond donors (Lipinski definition) is 1. The van der Waals surface area contributed by atoms with E-state index in [4.69, 9.17) is 5.73 Å². The van der Waals surface area contributed by atoms with Crippen molar-refractivity contribution in [3.63, 3.8) is 0 Å². The first-order valence-electron chi connectivity index (χ1n) is 6.31. The van der Waals surface area contributed by atoms with Gasteiger partial charge in [-0.2, -0.15) is 0 Å². The molecule has 5 heteroatoms. The molecule has 2 rings (SSSR count). The van der Waals surface area contributed by atoms with Gasteiger partial charge in [-0.25, -0.2) is 9.97 Å². The summed E-state index contributed by atoms with van der Waals surface area (Å²) in [6.07, 6.45) is 4.84. The maximum Gasteiger partial charge on any atom is 0.225 e. The minimum atomic E-state index is 0.738. The number of rotatable bonds is 4. The van der Waals surface area contributed by atoms with Crippen LogP contribution in [0.15, 0.2) is 12.4 Å². The van der Waals surface area contributed by atoms with Crippen LogP contribution in [0.4, 0.5) is 5.95 Å². The van der Waals surface area contributed by atoms with Gasteiger partial charge in [-0.05, 0) is 12.0 Å². The molecule has 1 aliphatic rings. The molecule has 0 radical (unpaired) electrons. The van der Waals surface area contributed by atoms with E-state index in [2.05, 4.69) is 26.7 Å². The predicted molar refractivity (Wildman–Crippen MR) is 69.1 cm³/mol. The van der Waals surface area contributed by atoms with E-state index in [1.54, 1.807) is 0 Å². The lowest BCUT2D eigenvalue weighted by Gasteiger charge is -2.34. The Hall–Kier alpha value is -1.20. The molecule has 0 bridgehead atoms. The van der Waals surface area contributed by atoms with Crippen molar-refractivity contribution in [3.05, 3.63) is 18.0 Å². The third-order valence-electron chi connectivity index (χ3n) is 3.20. The Morgan fingerprint density at radius 1 is 1.18 bits per heavy atom. The van der Waals surface area contributed by atoms with Gasteiger partial charge in [-0.3, -0.25) is 4.90 Å². The molecule has 0 saturated carbocycles. The molecule has 0 spiro atoms. The van der Waals surface area contributed by atoms with Gasteiger partial charge in [0.2, 0.25) is 5.95 Å². The second-order valence-corrected chi connectivity index (χ2v) is 4.36. The predicted octanol–water partition coefficient (Wildman–Crippen LogP) is 0.120. The highest BCUT2D eigenvalue weighted by atomic mass is 15.3. The molecule has 1 aromatic heterocycles. The highest BCUT2D eigenvalue weighted by Gasteiger charge is 2.17. The van der Waals surface area contributed by atoms with Crippen LogP contribution in [0.1, 0.15) is 12.5 Å². The average molecular weight is 235 g/mol. The zero-order valence-corrected chi connectivity index (χ0v) is 10.5. The number of aryl methyl sites for hydroxylation is 1. The third-order valence-corrected chi connectivity index (χ3v) is 3.20. The number of piperazine rings is 1. The van der Waals surface area contributed by atoms with Crippen LogP contribution in [0.25, 0.3) is 0 Å². The summed E-state index contributed by atoms with van der Waals surface area (Å²) in [6, 6.07) is 0. The van der Waals surface area contributed by atoms with Crippen LogP contribution in [-0.4, -0.2) is 54.1 Å². The summed E-state index contributed by atoms with van der Waals surface area (Å²) in [5.74, 6) is 0.856. The zero-order chi connectivity index (χ0) is 12.1. The quantitative estimate of drug-likeness (QED) is 0.803. The first kappa shape index (κ1) is 12.3.